The van der Waals surface area contributed by atoms with Crippen molar-refractivity contribution in [3.63, 3.8) is 0 Å². The molecule has 0 aliphatic carbocycles. The van der Waals surface area contributed by atoms with Gasteiger partial charge in [0.05, 0.1) is 13.2 Å². The highest BCUT2D eigenvalue weighted by atomic mass is 16.7. The molecule has 2 aliphatic heterocycles. The molecule has 9 nitrogen and oxygen atoms in total. The van der Waals surface area contributed by atoms with Crippen LogP contribution in [-0.4, -0.2) is 48.7 Å². The summed E-state index contributed by atoms with van der Waals surface area (Å²) < 4.78 is 16.0. The summed E-state index contributed by atoms with van der Waals surface area (Å²) in [7, 11) is 1.56. The molecule has 0 aromatic heterocycles. The van der Waals surface area contributed by atoms with Gasteiger partial charge in [0.15, 0.2) is 11.5 Å². The molecule has 2 N–H and O–H groups in total. The number of methoxy groups -OCH3 is 1. The molecule has 2 aromatic carbocycles. The van der Waals surface area contributed by atoms with Gasteiger partial charge >= 0.3 is 6.03 Å². The molecule has 0 spiro atoms. The zero-order valence-corrected chi connectivity index (χ0v) is 18.1. The van der Waals surface area contributed by atoms with Gasteiger partial charge in [-0.1, -0.05) is 24.3 Å². The first-order valence-corrected chi connectivity index (χ1v) is 10.3. The van der Waals surface area contributed by atoms with Crippen molar-refractivity contribution in [1.29, 1.82) is 0 Å². The molecular formula is C23H25N3O6. The third-order valence-corrected chi connectivity index (χ3v) is 5.62. The highest BCUT2D eigenvalue weighted by Crippen LogP contribution is 2.34. The molecule has 4 rings (SSSR count). The lowest BCUT2D eigenvalue weighted by Gasteiger charge is -2.22. The second-order valence-corrected chi connectivity index (χ2v) is 8.05. The Labute approximate surface area is 185 Å². The second-order valence-electron chi connectivity index (χ2n) is 8.05. The number of fused-ring (bicyclic) bond motifs is 1. The van der Waals surface area contributed by atoms with Crippen LogP contribution < -0.4 is 24.8 Å². The van der Waals surface area contributed by atoms with E-state index in [1.54, 1.807) is 32.2 Å². The van der Waals surface area contributed by atoms with Gasteiger partial charge in [0.2, 0.25) is 12.7 Å². The van der Waals surface area contributed by atoms with Crippen molar-refractivity contribution in [2.24, 2.45) is 0 Å². The van der Waals surface area contributed by atoms with Crippen molar-refractivity contribution in [3.05, 3.63) is 53.6 Å². The van der Waals surface area contributed by atoms with Crippen LogP contribution in [0.25, 0.3) is 0 Å². The molecule has 2 heterocycles. The molecule has 0 saturated carbocycles. The third kappa shape index (κ3) is 4.05. The topological polar surface area (TPSA) is 106 Å². The normalized spacial score (nSPS) is 20.2. The number of benzene rings is 2. The first kappa shape index (κ1) is 21.5. The molecule has 2 atom stereocenters. The Hall–Kier alpha value is -3.75. The van der Waals surface area contributed by atoms with Gasteiger partial charge in [-0.2, -0.15) is 0 Å². The molecule has 0 bridgehead atoms. The number of rotatable bonds is 7. The SMILES string of the molecule is COc1ccccc1C(C)NC(=O)CN1C(=O)NC(C)(Cc2ccc3c(c2)OCO3)C1=O. The molecule has 1 saturated heterocycles. The summed E-state index contributed by atoms with van der Waals surface area (Å²) in [5.41, 5.74) is 0.439. The molecule has 4 amide bonds. The predicted octanol–water partition coefficient (Wildman–Crippen LogP) is 2.15. The molecule has 9 heteroatoms. The van der Waals surface area contributed by atoms with Crippen LogP contribution in [0.2, 0.25) is 0 Å². The zero-order valence-electron chi connectivity index (χ0n) is 18.1. The minimum absolute atomic E-state index is 0.155. The van der Waals surface area contributed by atoms with Crippen LogP contribution in [-0.2, 0) is 16.0 Å². The summed E-state index contributed by atoms with van der Waals surface area (Å²) in [6, 6.07) is 11.8. The lowest BCUT2D eigenvalue weighted by Crippen LogP contribution is -2.47. The van der Waals surface area contributed by atoms with Crippen LogP contribution >= 0.6 is 0 Å². The lowest BCUT2D eigenvalue weighted by atomic mass is 9.92. The molecule has 0 radical (unpaired) electrons. The number of urea groups is 1. The number of ether oxygens (including phenoxy) is 3. The number of para-hydroxylation sites is 1. The molecule has 168 valence electrons. The highest BCUT2D eigenvalue weighted by molar-refractivity contribution is 6.09. The third-order valence-electron chi connectivity index (χ3n) is 5.62. The number of carbonyl (C=O) groups is 3. The Balaban J connectivity index is 1.41. The number of hydrogen-bond acceptors (Lipinski definition) is 6. The summed E-state index contributed by atoms with van der Waals surface area (Å²) in [5.74, 6) is 0.985. The van der Waals surface area contributed by atoms with Crippen LogP contribution in [0.4, 0.5) is 4.79 Å². The molecule has 2 aromatic rings. The first-order chi connectivity index (χ1) is 15.3. The Morgan fingerprint density at radius 1 is 1.22 bits per heavy atom. The van der Waals surface area contributed by atoms with Gasteiger partial charge in [-0.15, -0.1) is 0 Å². The average molecular weight is 439 g/mol. The van der Waals surface area contributed by atoms with Crippen molar-refractivity contribution in [2.75, 3.05) is 20.4 Å². The maximum Gasteiger partial charge on any atom is 0.325 e. The summed E-state index contributed by atoms with van der Waals surface area (Å²) in [6.07, 6.45) is 0.254. The second kappa shape index (κ2) is 8.41. The van der Waals surface area contributed by atoms with Crippen molar-refractivity contribution in [1.82, 2.24) is 15.5 Å². The fraction of sp³-hybridized carbons (Fsp3) is 0.348. The van der Waals surface area contributed by atoms with Gasteiger partial charge in [0, 0.05) is 12.0 Å². The van der Waals surface area contributed by atoms with Crippen molar-refractivity contribution >= 4 is 17.8 Å². The van der Waals surface area contributed by atoms with E-state index in [0.717, 1.165) is 16.0 Å². The maximum absolute atomic E-state index is 13.1. The summed E-state index contributed by atoms with van der Waals surface area (Å²) in [6.45, 7) is 3.24. The van der Waals surface area contributed by atoms with Crippen molar-refractivity contribution < 1.29 is 28.6 Å². The van der Waals surface area contributed by atoms with Crippen LogP contribution in [0.1, 0.15) is 31.0 Å². The highest BCUT2D eigenvalue weighted by Gasteiger charge is 2.48. The van der Waals surface area contributed by atoms with E-state index in [1.807, 2.05) is 31.2 Å². The molecule has 2 unspecified atom stereocenters. The zero-order chi connectivity index (χ0) is 22.9. The average Bonchev–Trinajstić information content (AvgIpc) is 3.31. The van der Waals surface area contributed by atoms with Gasteiger partial charge < -0.3 is 24.8 Å². The molecule has 2 aliphatic rings. The minimum Gasteiger partial charge on any atom is -0.496 e. The number of imide groups is 1. The minimum atomic E-state index is -1.17. The number of hydrogen-bond donors (Lipinski definition) is 2. The van der Waals surface area contributed by atoms with Crippen molar-refractivity contribution in [3.8, 4) is 17.2 Å². The van der Waals surface area contributed by atoms with E-state index >= 15 is 0 Å². The smallest absolute Gasteiger partial charge is 0.325 e. The Kier molecular flexibility index (Phi) is 5.65. The summed E-state index contributed by atoms with van der Waals surface area (Å²) in [4.78, 5) is 39.1. The van der Waals surface area contributed by atoms with Gasteiger partial charge in [-0.05, 0) is 37.6 Å². The fourth-order valence-electron chi connectivity index (χ4n) is 4.00. The van der Waals surface area contributed by atoms with E-state index in [4.69, 9.17) is 14.2 Å². The quantitative estimate of drug-likeness (QED) is 0.641. The fourth-order valence-corrected chi connectivity index (χ4v) is 4.00. The van der Waals surface area contributed by atoms with Gasteiger partial charge in [-0.3, -0.25) is 14.5 Å². The van der Waals surface area contributed by atoms with Gasteiger partial charge in [0.25, 0.3) is 5.91 Å². The largest absolute Gasteiger partial charge is 0.496 e. The van der Waals surface area contributed by atoms with Crippen molar-refractivity contribution in [2.45, 2.75) is 31.8 Å². The Morgan fingerprint density at radius 3 is 2.75 bits per heavy atom. The lowest BCUT2D eigenvalue weighted by molar-refractivity contribution is -0.134. The number of carbonyl (C=O) groups excluding carboxylic acids is 3. The molecular weight excluding hydrogens is 414 g/mol. The van der Waals surface area contributed by atoms with E-state index in [9.17, 15) is 14.4 Å². The Morgan fingerprint density at radius 2 is 1.97 bits per heavy atom. The van der Waals surface area contributed by atoms with E-state index < -0.39 is 23.4 Å². The van der Waals surface area contributed by atoms with Crippen LogP contribution in [0, 0.1) is 0 Å². The summed E-state index contributed by atoms with van der Waals surface area (Å²) >= 11 is 0. The van der Waals surface area contributed by atoms with E-state index in [0.29, 0.717) is 17.2 Å². The van der Waals surface area contributed by atoms with Crippen LogP contribution in [0.3, 0.4) is 0 Å². The number of nitrogens with one attached hydrogen (secondary N) is 2. The first-order valence-electron chi connectivity index (χ1n) is 10.3. The Bertz CT molecular complexity index is 1070. The number of amides is 4. The van der Waals surface area contributed by atoms with E-state index in [1.165, 1.54) is 0 Å². The standard InChI is InChI=1S/C23H25N3O6/c1-14(16-6-4-5-7-17(16)30-3)24-20(27)12-26-21(28)23(2,25-22(26)29)11-15-8-9-18-19(10-15)32-13-31-18/h4-10,14H,11-13H2,1-3H3,(H,24,27)(H,25,29). The molecule has 32 heavy (non-hydrogen) atoms. The van der Waals surface area contributed by atoms with Crippen LogP contribution in [0.5, 0.6) is 17.2 Å². The maximum atomic E-state index is 13.1. The predicted molar refractivity (Wildman–Crippen MR) is 114 cm³/mol. The molecule has 1 fully saturated rings. The van der Waals surface area contributed by atoms with Gasteiger partial charge in [0.1, 0.15) is 17.8 Å². The monoisotopic (exact) mass is 439 g/mol. The van der Waals surface area contributed by atoms with Crippen LogP contribution in [0.15, 0.2) is 42.5 Å². The summed E-state index contributed by atoms with van der Waals surface area (Å²) in [5, 5.41) is 5.54. The number of nitrogens with zero attached hydrogens (tertiary/aromatic N) is 1. The van der Waals surface area contributed by atoms with E-state index in [2.05, 4.69) is 10.6 Å². The van der Waals surface area contributed by atoms with Gasteiger partial charge in [-0.25, -0.2) is 4.79 Å². The van der Waals surface area contributed by atoms with E-state index in [-0.39, 0.29) is 25.8 Å².